The molecule has 1 fully saturated rings. The van der Waals surface area contributed by atoms with Gasteiger partial charge >= 0.3 is 0 Å². The molecule has 17 heavy (non-hydrogen) atoms. The van der Waals surface area contributed by atoms with Gasteiger partial charge in [0.1, 0.15) is 0 Å². The van der Waals surface area contributed by atoms with Gasteiger partial charge in [0.05, 0.1) is 10.7 Å². The second kappa shape index (κ2) is 5.98. The zero-order valence-corrected chi connectivity index (χ0v) is 12.0. The predicted octanol–water partition coefficient (Wildman–Crippen LogP) is 3.13. The molecule has 1 saturated heterocycles. The van der Waals surface area contributed by atoms with Crippen LogP contribution in [0.15, 0.2) is 42.5 Å². The highest BCUT2D eigenvalue weighted by Crippen LogP contribution is 2.34. The van der Waals surface area contributed by atoms with Crippen LogP contribution in [-0.4, -0.2) is 29.2 Å². The SMILES string of the molecule is C=C1CCN(C(I)c2ccccc2)C(CO)C1. The molecule has 1 aliphatic rings. The summed E-state index contributed by atoms with van der Waals surface area (Å²) < 4.78 is 0.332. The number of hydrogen-bond donors (Lipinski definition) is 1. The number of benzene rings is 1. The molecule has 1 N–H and O–H groups in total. The fraction of sp³-hybridized carbons (Fsp3) is 0.429. The number of halogens is 1. The molecular weight excluding hydrogens is 325 g/mol. The maximum Gasteiger partial charge on any atom is 0.0877 e. The maximum atomic E-state index is 9.49. The largest absolute Gasteiger partial charge is 0.395 e. The zero-order valence-electron chi connectivity index (χ0n) is 9.85. The first-order chi connectivity index (χ1) is 8.22. The summed E-state index contributed by atoms with van der Waals surface area (Å²) in [5.41, 5.74) is 2.57. The Balaban J connectivity index is 2.13. The number of aliphatic hydroxyl groups excluding tert-OH is 1. The fourth-order valence-electron chi connectivity index (χ4n) is 2.29. The molecule has 2 unspecified atom stereocenters. The normalized spacial score (nSPS) is 23.6. The Morgan fingerprint density at radius 1 is 1.41 bits per heavy atom. The summed E-state index contributed by atoms with van der Waals surface area (Å²) in [5, 5.41) is 9.49. The molecule has 0 saturated carbocycles. The second-order valence-electron chi connectivity index (χ2n) is 4.52. The lowest BCUT2D eigenvalue weighted by molar-refractivity contribution is 0.103. The van der Waals surface area contributed by atoms with Gasteiger partial charge in [-0.3, -0.25) is 4.90 Å². The van der Waals surface area contributed by atoms with Gasteiger partial charge in [0.15, 0.2) is 0 Å². The number of nitrogens with zero attached hydrogens (tertiary/aromatic N) is 1. The average molecular weight is 343 g/mol. The summed E-state index contributed by atoms with van der Waals surface area (Å²) in [6, 6.07) is 10.7. The molecule has 1 aliphatic heterocycles. The molecule has 0 aromatic heterocycles. The van der Waals surface area contributed by atoms with E-state index in [1.54, 1.807) is 0 Å². The van der Waals surface area contributed by atoms with Crippen LogP contribution in [0.3, 0.4) is 0 Å². The standard InChI is InChI=1S/C14H18INO/c1-11-7-8-16(13(9-11)10-17)14(15)12-5-3-2-4-6-12/h2-6,13-14,17H,1,7-10H2. The summed E-state index contributed by atoms with van der Waals surface area (Å²) in [6.07, 6.45) is 1.96. The van der Waals surface area contributed by atoms with Crippen molar-refractivity contribution in [2.24, 2.45) is 0 Å². The van der Waals surface area contributed by atoms with Crippen LogP contribution in [0.2, 0.25) is 0 Å². The third-order valence-electron chi connectivity index (χ3n) is 3.29. The quantitative estimate of drug-likeness (QED) is 0.395. The third-order valence-corrected chi connectivity index (χ3v) is 4.73. The van der Waals surface area contributed by atoms with E-state index in [9.17, 15) is 5.11 Å². The molecule has 1 aromatic carbocycles. The van der Waals surface area contributed by atoms with Gasteiger partial charge in [-0.05, 0) is 18.4 Å². The van der Waals surface area contributed by atoms with E-state index in [1.807, 2.05) is 6.07 Å². The van der Waals surface area contributed by atoms with Crippen LogP contribution >= 0.6 is 22.6 Å². The van der Waals surface area contributed by atoms with Crippen LogP contribution < -0.4 is 0 Å². The number of piperidine rings is 1. The monoisotopic (exact) mass is 343 g/mol. The molecule has 0 radical (unpaired) electrons. The summed E-state index contributed by atoms with van der Waals surface area (Å²) in [5.74, 6) is 0. The van der Waals surface area contributed by atoms with Crippen LogP contribution in [0.25, 0.3) is 0 Å². The van der Waals surface area contributed by atoms with E-state index in [2.05, 4.69) is 58.3 Å². The highest BCUT2D eigenvalue weighted by atomic mass is 127. The van der Waals surface area contributed by atoms with Gasteiger partial charge in [-0.15, -0.1) is 0 Å². The van der Waals surface area contributed by atoms with E-state index >= 15 is 0 Å². The first-order valence-electron chi connectivity index (χ1n) is 5.94. The average Bonchev–Trinajstić information content (AvgIpc) is 2.39. The van der Waals surface area contributed by atoms with Crippen molar-refractivity contribution in [1.82, 2.24) is 4.90 Å². The van der Waals surface area contributed by atoms with E-state index in [0.717, 1.165) is 19.4 Å². The lowest BCUT2D eigenvalue weighted by Crippen LogP contribution is -2.42. The lowest BCUT2D eigenvalue weighted by Gasteiger charge is -2.39. The van der Waals surface area contributed by atoms with Crippen LogP contribution in [0.1, 0.15) is 22.5 Å². The van der Waals surface area contributed by atoms with Crippen LogP contribution in [0.4, 0.5) is 0 Å². The lowest BCUT2D eigenvalue weighted by atomic mass is 9.98. The molecule has 2 rings (SSSR count). The molecule has 3 heteroatoms. The number of aliphatic hydroxyl groups is 1. The van der Waals surface area contributed by atoms with Gasteiger partial charge in [0.2, 0.25) is 0 Å². The highest BCUT2D eigenvalue weighted by Gasteiger charge is 2.28. The van der Waals surface area contributed by atoms with E-state index in [-0.39, 0.29) is 12.6 Å². The zero-order chi connectivity index (χ0) is 12.3. The number of hydrogen-bond acceptors (Lipinski definition) is 2. The molecule has 0 amide bonds. The first-order valence-corrected chi connectivity index (χ1v) is 7.19. The van der Waals surface area contributed by atoms with Crippen molar-refractivity contribution in [2.75, 3.05) is 13.2 Å². The van der Waals surface area contributed by atoms with Gasteiger partial charge in [-0.25, -0.2) is 0 Å². The minimum absolute atomic E-state index is 0.214. The topological polar surface area (TPSA) is 23.5 Å². The van der Waals surface area contributed by atoms with E-state index in [0.29, 0.717) is 4.05 Å². The van der Waals surface area contributed by atoms with Gasteiger partial charge < -0.3 is 5.11 Å². The van der Waals surface area contributed by atoms with Crippen molar-refractivity contribution in [3.8, 4) is 0 Å². The molecule has 2 nitrogen and oxygen atoms in total. The van der Waals surface area contributed by atoms with E-state index in [4.69, 9.17) is 0 Å². The van der Waals surface area contributed by atoms with Crippen molar-refractivity contribution < 1.29 is 5.11 Å². The van der Waals surface area contributed by atoms with Gasteiger partial charge in [0.25, 0.3) is 0 Å². The maximum absolute atomic E-state index is 9.49. The molecule has 0 bridgehead atoms. The molecule has 1 heterocycles. The van der Waals surface area contributed by atoms with E-state index in [1.165, 1.54) is 11.1 Å². The van der Waals surface area contributed by atoms with Crippen LogP contribution in [-0.2, 0) is 0 Å². The fourth-order valence-corrected chi connectivity index (χ4v) is 3.44. The Morgan fingerprint density at radius 3 is 2.76 bits per heavy atom. The molecule has 1 aromatic rings. The summed E-state index contributed by atoms with van der Waals surface area (Å²) in [6.45, 7) is 5.24. The summed E-state index contributed by atoms with van der Waals surface area (Å²) in [4.78, 5) is 2.38. The van der Waals surface area contributed by atoms with Gasteiger partial charge in [0, 0.05) is 12.6 Å². The van der Waals surface area contributed by atoms with Crippen molar-refractivity contribution in [3.05, 3.63) is 48.0 Å². The van der Waals surface area contributed by atoms with E-state index < -0.39 is 0 Å². The summed E-state index contributed by atoms with van der Waals surface area (Å²) in [7, 11) is 0. The molecular formula is C14H18INO. The Morgan fingerprint density at radius 2 is 2.12 bits per heavy atom. The number of rotatable bonds is 3. The minimum atomic E-state index is 0.214. The number of likely N-dealkylation sites (tertiary alicyclic amines) is 1. The summed E-state index contributed by atoms with van der Waals surface area (Å²) >= 11 is 2.46. The minimum Gasteiger partial charge on any atom is -0.395 e. The Hall–Kier alpha value is -0.390. The first kappa shape index (κ1) is 13.1. The molecule has 92 valence electrons. The molecule has 0 aliphatic carbocycles. The Kier molecular flexibility index (Phi) is 4.59. The Bertz CT molecular complexity index is 379. The third kappa shape index (κ3) is 3.09. The van der Waals surface area contributed by atoms with Gasteiger partial charge in [-0.1, -0.05) is 65.1 Å². The van der Waals surface area contributed by atoms with Crippen molar-refractivity contribution in [2.45, 2.75) is 22.9 Å². The molecule has 0 spiro atoms. The van der Waals surface area contributed by atoms with Crippen LogP contribution in [0.5, 0.6) is 0 Å². The molecule has 2 atom stereocenters. The van der Waals surface area contributed by atoms with Crippen molar-refractivity contribution >= 4 is 22.6 Å². The highest BCUT2D eigenvalue weighted by molar-refractivity contribution is 14.1. The Labute approximate surface area is 116 Å². The van der Waals surface area contributed by atoms with Crippen molar-refractivity contribution in [1.29, 1.82) is 0 Å². The smallest absolute Gasteiger partial charge is 0.0877 e. The second-order valence-corrected chi connectivity index (χ2v) is 5.70. The predicted molar refractivity (Wildman–Crippen MR) is 79.2 cm³/mol. The van der Waals surface area contributed by atoms with Crippen LogP contribution in [0, 0.1) is 0 Å². The number of alkyl halides is 1. The van der Waals surface area contributed by atoms with Crippen molar-refractivity contribution in [3.63, 3.8) is 0 Å². The van der Waals surface area contributed by atoms with Gasteiger partial charge in [-0.2, -0.15) is 0 Å².